The van der Waals surface area contributed by atoms with Crippen LogP contribution in [-0.4, -0.2) is 34.0 Å². The normalized spacial score (nSPS) is 10.9. The number of nitrogen functional groups attached to an aromatic ring is 1. The smallest absolute Gasteiger partial charge is 0.244 e. The number of aromatic nitrogens is 4. The molecule has 0 bridgehead atoms. The number of ether oxygens (including phenoxy) is 2. The Morgan fingerprint density at radius 3 is 2.67 bits per heavy atom. The van der Waals surface area contributed by atoms with Crippen molar-refractivity contribution in [3.05, 3.63) is 48.0 Å². The Bertz CT molecular complexity index is 1060. The van der Waals surface area contributed by atoms with E-state index < -0.39 is 0 Å². The predicted molar refractivity (Wildman–Crippen MR) is 106 cm³/mol. The fourth-order valence-corrected chi connectivity index (χ4v) is 3.59. The lowest BCUT2D eigenvalue weighted by Gasteiger charge is -2.09. The summed E-state index contributed by atoms with van der Waals surface area (Å²) in [6.45, 7) is 0.518. The van der Waals surface area contributed by atoms with Gasteiger partial charge in [-0.1, -0.05) is 29.5 Å². The van der Waals surface area contributed by atoms with Gasteiger partial charge in [0.1, 0.15) is 0 Å². The number of methoxy groups -OCH3 is 2. The number of fused-ring (bicyclic) bond motifs is 1. The van der Waals surface area contributed by atoms with E-state index in [0.717, 1.165) is 15.8 Å². The van der Waals surface area contributed by atoms with Gasteiger partial charge in [0.15, 0.2) is 11.5 Å². The van der Waals surface area contributed by atoms with Crippen molar-refractivity contribution in [1.29, 1.82) is 0 Å². The SMILES string of the molecule is COc1ccc(CNc2nc(N)n(-c3nc4ccccc4s3)n2)cc1OC. The molecule has 0 atom stereocenters. The van der Waals surface area contributed by atoms with Gasteiger partial charge in [0.2, 0.25) is 17.0 Å². The van der Waals surface area contributed by atoms with Crippen molar-refractivity contribution in [2.45, 2.75) is 6.54 Å². The number of benzene rings is 2. The van der Waals surface area contributed by atoms with E-state index in [9.17, 15) is 0 Å². The maximum absolute atomic E-state index is 6.03. The number of rotatable bonds is 6. The molecular formula is C18H18N6O2S. The van der Waals surface area contributed by atoms with Gasteiger partial charge in [-0.2, -0.15) is 9.67 Å². The van der Waals surface area contributed by atoms with E-state index in [-0.39, 0.29) is 5.95 Å². The number of thiazole rings is 1. The molecule has 0 aliphatic rings. The van der Waals surface area contributed by atoms with Gasteiger partial charge in [0, 0.05) is 6.54 Å². The van der Waals surface area contributed by atoms with Gasteiger partial charge >= 0.3 is 0 Å². The molecule has 0 aliphatic carbocycles. The van der Waals surface area contributed by atoms with Gasteiger partial charge in [0.05, 0.1) is 24.4 Å². The van der Waals surface area contributed by atoms with Gasteiger partial charge in [-0.3, -0.25) is 0 Å². The van der Waals surface area contributed by atoms with Crippen molar-refractivity contribution >= 4 is 33.5 Å². The monoisotopic (exact) mass is 382 g/mol. The minimum Gasteiger partial charge on any atom is -0.493 e. The highest BCUT2D eigenvalue weighted by molar-refractivity contribution is 7.20. The Morgan fingerprint density at radius 2 is 1.89 bits per heavy atom. The third kappa shape index (κ3) is 3.36. The molecule has 0 amide bonds. The van der Waals surface area contributed by atoms with Crippen LogP contribution in [0.4, 0.5) is 11.9 Å². The van der Waals surface area contributed by atoms with Crippen molar-refractivity contribution in [2.24, 2.45) is 0 Å². The quantitative estimate of drug-likeness (QED) is 0.528. The lowest BCUT2D eigenvalue weighted by Crippen LogP contribution is -2.03. The molecule has 0 fully saturated rings. The third-order valence-electron chi connectivity index (χ3n) is 3.99. The molecular weight excluding hydrogens is 364 g/mol. The summed E-state index contributed by atoms with van der Waals surface area (Å²) in [6.07, 6.45) is 0. The first kappa shape index (κ1) is 17.1. The van der Waals surface area contributed by atoms with E-state index in [1.807, 2.05) is 42.5 Å². The van der Waals surface area contributed by atoms with Crippen molar-refractivity contribution in [2.75, 3.05) is 25.3 Å². The molecule has 2 heterocycles. The van der Waals surface area contributed by atoms with E-state index in [2.05, 4.69) is 20.4 Å². The molecule has 27 heavy (non-hydrogen) atoms. The molecule has 8 nitrogen and oxygen atoms in total. The zero-order valence-corrected chi connectivity index (χ0v) is 15.7. The second-order valence-electron chi connectivity index (χ2n) is 5.71. The highest BCUT2D eigenvalue weighted by Crippen LogP contribution is 2.28. The van der Waals surface area contributed by atoms with Crippen LogP contribution in [0.25, 0.3) is 15.3 Å². The van der Waals surface area contributed by atoms with Crippen LogP contribution in [0.2, 0.25) is 0 Å². The lowest BCUT2D eigenvalue weighted by atomic mass is 10.2. The van der Waals surface area contributed by atoms with E-state index in [1.165, 1.54) is 11.3 Å². The first-order valence-electron chi connectivity index (χ1n) is 8.21. The summed E-state index contributed by atoms with van der Waals surface area (Å²) in [5.41, 5.74) is 7.94. The largest absolute Gasteiger partial charge is 0.493 e. The van der Waals surface area contributed by atoms with Crippen molar-refractivity contribution in [1.82, 2.24) is 19.7 Å². The average Bonchev–Trinajstić information content (AvgIpc) is 3.28. The molecule has 3 N–H and O–H groups in total. The second kappa shape index (κ2) is 7.12. The molecule has 2 aromatic heterocycles. The summed E-state index contributed by atoms with van der Waals surface area (Å²) in [5.74, 6) is 2.07. The van der Waals surface area contributed by atoms with Crippen LogP contribution >= 0.6 is 11.3 Å². The predicted octanol–water partition coefficient (Wildman–Crippen LogP) is 3.09. The summed E-state index contributed by atoms with van der Waals surface area (Å²) in [6, 6.07) is 13.6. The van der Waals surface area contributed by atoms with Gasteiger partial charge in [-0.05, 0) is 29.8 Å². The van der Waals surface area contributed by atoms with Gasteiger partial charge < -0.3 is 20.5 Å². The van der Waals surface area contributed by atoms with Gasteiger partial charge in [-0.25, -0.2) is 4.98 Å². The zero-order valence-electron chi connectivity index (χ0n) is 14.8. The molecule has 0 saturated heterocycles. The van der Waals surface area contributed by atoms with Crippen LogP contribution in [0.5, 0.6) is 11.5 Å². The minimum absolute atomic E-state index is 0.281. The topological polar surface area (TPSA) is 100 Å². The Balaban J connectivity index is 1.53. The first-order chi connectivity index (χ1) is 13.2. The van der Waals surface area contributed by atoms with Gasteiger partial charge in [0.25, 0.3) is 0 Å². The molecule has 9 heteroatoms. The summed E-state index contributed by atoms with van der Waals surface area (Å²) in [4.78, 5) is 8.84. The molecule has 0 saturated carbocycles. The maximum Gasteiger partial charge on any atom is 0.244 e. The van der Waals surface area contributed by atoms with E-state index >= 15 is 0 Å². The molecule has 0 spiro atoms. The maximum atomic E-state index is 6.03. The van der Waals surface area contributed by atoms with E-state index in [0.29, 0.717) is 29.1 Å². The number of anilines is 2. The van der Waals surface area contributed by atoms with Crippen molar-refractivity contribution < 1.29 is 9.47 Å². The summed E-state index contributed by atoms with van der Waals surface area (Å²) in [5, 5.41) is 8.28. The molecule has 138 valence electrons. The van der Waals surface area contributed by atoms with E-state index in [1.54, 1.807) is 18.9 Å². The van der Waals surface area contributed by atoms with Crippen LogP contribution in [0.1, 0.15) is 5.56 Å². The van der Waals surface area contributed by atoms with Crippen LogP contribution in [-0.2, 0) is 6.54 Å². The Labute approximate surface area is 159 Å². The van der Waals surface area contributed by atoms with Gasteiger partial charge in [-0.15, -0.1) is 5.10 Å². The summed E-state index contributed by atoms with van der Waals surface area (Å²) >= 11 is 1.51. The fourth-order valence-electron chi connectivity index (χ4n) is 2.66. The number of nitrogens with two attached hydrogens (primary N) is 1. The molecule has 4 aromatic rings. The molecule has 0 radical (unpaired) electrons. The average molecular weight is 382 g/mol. The Hall–Kier alpha value is -3.33. The number of nitrogens with zero attached hydrogens (tertiary/aromatic N) is 4. The summed E-state index contributed by atoms with van der Waals surface area (Å²) in [7, 11) is 3.22. The highest BCUT2D eigenvalue weighted by atomic mass is 32.1. The number of hydrogen-bond acceptors (Lipinski definition) is 8. The number of para-hydroxylation sites is 1. The first-order valence-corrected chi connectivity index (χ1v) is 9.03. The third-order valence-corrected chi connectivity index (χ3v) is 5.01. The number of hydrogen-bond donors (Lipinski definition) is 2. The van der Waals surface area contributed by atoms with Crippen molar-refractivity contribution in [3.8, 4) is 16.6 Å². The van der Waals surface area contributed by atoms with E-state index in [4.69, 9.17) is 15.2 Å². The fraction of sp³-hybridized carbons (Fsp3) is 0.167. The molecule has 2 aromatic carbocycles. The van der Waals surface area contributed by atoms with Crippen LogP contribution in [0, 0.1) is 0 Å². The van der Waals surface area contributed by atoms with Crippen LogP contribution < -0.4 is 20.5 Å². The van der Waals surface area contributed by atoms with Crippen molar-refractivity contribution in [3.63, 3.8) is 0 Å². The molecule has 0 unspecified atom stereocenters. The Morgan fingerprint density at radius 1 is 1.07 bits per heavy atom. The number of nitrogens with one attached hydrogen (secondary N) is 1. The molecule has 0 aliphatic heterocycles. The highest BCUT2D eigenvalue weighted by Gasteiger charge is 2.13. The van der Waals surface area contributed by atoms with Crippen LogP contribution in [0.15, 0.2) is 42.5 Å². The van der Waals surface area contributed by atoms with Crippen LogP contribution in [0.3, 0.4) is 0 Å². The lowest BCUT2D eigenvalue weighted by molar-refractivity contribution is 0.354. The standard InChI is InChI=1S/C18H18N6O2S/c1-25-13-8-7-11(9-14(13)26-2)10-20-17-22-16(19)24(23-17)18-21-12-5-3-4-6-15(12)27-18/h3-9H,10H2,1-2H3,(H3,19,20,22,23). The Kier molecular flexibility index (Phi) is 4.51. The minimum atomic E-state index is 0.281. The second-order valence-corrected chi connectivity index (χ2v) is 6.72. The summed E-state index contributed by atoms with van der Waals surface area (Å²) < 4.78 is 13.2. The molecule has 4 rings (SSSR count). The zero-order chi connectivity index (χ0) is 18.8.